The second kappa shape index (κ2) is 6.53. The van der Waals surface area contributed by atoms with Crippen LogP contribution in [0.4, 0.5) is 0 Å². The summed E-state index contributed by atoms with van der Waals surface area (Å²) in [5.41, 5.74) is 4.81. The van der Waals surface area contributed by atoms with Crippen LogP contribution in [0, 0.1) is 35.5 Å². The molecule has 9 heteroatoms. The van der Waals surface area contributed by atoms with Crippen LogP contribution in [-0.2, 0) is 12.6 Å². The van der Waals surface area contributed by atoms with Crippen molar-refractivity contribution >= 4 is 5.52 Å². The van der Waals surface area contributed by atoms with Gasteiger partial charge in [-0.25, -0.2) is 9.50 Å². The lowest BCUT2D eigenvalue weighted by molar-refractivity contribution is 0.0882. The molecule has 0 N–H and O–H groups in total. The Balaban J connectivity index is 1.63. The van der Waals surface area contributed by atoms with E-state index in [1.165, 1.54) is 0 Å². The molecule has 0 bridgehead atoms. The van der Waals surface area contributed by atoms with Crippen LogP contribution in [-0.4, -0.2) is 34.2 Å². The van der Waals surface area contributed by atoms with Gasteiger partial charge in [-0.2, -0.15) is 25.8 Å². The Morgan fingerprint density at radius 2 is 1.87 bits per heavy atom. The van der Waals surface area contributed by atoms with E-state index in [-0.39, 0.29) is 5.92 Å². The molecule has 0 aromatic carbocycles. The van der Waals surface area contributed by atoms with Crippen LogP contribution >= 0.6 is 0 Å². The summed E-state index contributed by atoms with van der Waals surface area (Å²) in [6.45, 7) is 2.00. The largest absolute Gasteiger partial charge is 0.275 e. The van der Waals surface area contributed by atoms with Crippen LogP contribution in [0.1, 0.15) is 24.8 Å². The highest BCUT2D eigenvalue weighted by Gasteiger charge is 2.46. The Kier molecular flexibility index (Phi) is 3.93. The van der Waals surface area contributed by atoms with E-state index < -0.39 is 5.54 Å². The third-order valence-electron chi connectivity index (χ3n) is 5.87. The van der Waals surface area contributed by atoms with E-state index >= 15 is 0 Å². The molecular weight excluding hydrogens is 378 g/mol. The standard InChI is InChI=1S/C21H19N9/c1-14-8-25-29-13-18(16-9-24-28(2)11-16)27-19(20(14)29)17-10-26-30(12-17)21(3-4-22)5-15(6-21)7-23/h8-13,15H,3,5-6H2,1-2H3/t15-,21-. The topological polar surface area (TPSA) is 113 Å². The van der Waals surface area contributed by atoms with E-state index in [2.05, 4.69) is 27.4 Å². The van der Waals surface area contributed by atoms with Gasteiger partial charge in [-0.05, 0) is 25.3 Å². The van der Waals surface area contributed by atoms with Crippen molar-refractivity contribution in [2.45, 2.75) is 31.7 Å². The summed E-state index contributed by atoms with van der Waals surface area (Å²) >= 11 is 0. The fourth-order valence-electron chi connectivity index (χ4n) is 4.27. The normalized spacial score (nSPS) is 20.6. The van der Waals surface area contributed by atoms with Gasteiger partial charge in [0.05, 0.1) is 66.0 Å². The third-order valence-corrected chi connectivity index (χ3v) is 5.87. The molecular formula is C21H19N9. The molecule has 148 valence electrons. The maximum Gasteiger partial charge on any atom is 0.100 e. The molecule has 1 aliphatic carbocycles. The van der Waals surface area contributed by atoms with Gasteiger partial charge in [0.1, 0.15) is 5.69 Å². The Labute approximate surface area is 172 Å². The van der Waals surface area contributed by atoms with Gasteiger partial charge in [-0.3, -0.25) is 9.36 Å². The molecule has 5 rings (SSSR count). The van der Waals surface area contributed by atoms with Gasteiger partial charge in [0.2, 0.25) is 0 Å². The number of rotatable bonds is 4. The van der Waals surface area contributed by atoms with Crippen molar-refractivity contribution in [2.24, 2.45) is 13.0 Å². The van der Waals surface area contributed by atoms with Crippen molar-refractivity contribution in [2.75, 3.05) is 0 Å². The molecule has 1 aliphatic rings. The lowest BCUT2D eigenvalue weighted by atomic mass is 9.67. The van der Waals surface area contributed by atoms with E-state index in [0.29, 0.717) is 19.3 Å². The van der Waals surface area contributed by atoms with Gasteiger partial charge < -0.3 is 0 Å². The van der Waals surface area contributed by atoms with E-state index in [9.17, 15) is 10.5 Å². The van der Waals surface area contributed by atoms with Gasteiger partial charge in [-0.1, -0.05) is 0 Å². The first kappa shape index (κ1) is 18.1. The molecule has 1 fully saturated rings. The number of aryl methyl sites for hydroxylation is 2. The summed E-state index contributed by atoms with van der Waals surface area (Å²) in [7, 11) is 1.87. The first-order valence-electron chi connectivity index (χ1n) is 9.69. The van der Waals surface area contributed by atoms with Crippen LogP contribution < -0.4 is 0 Å². The fraction of sp³-hybridized carbons (Fsp3) is 0.333. The van der Waals surface area contributed by atoms with Crippen molar-refractivity contribution in [3.05, 3.63) is 42.7 Å². The fourth-order valence-corrected chi connectivity index (χ4v) is 4.27. The van der Waals surface area contributed by atoms with E-state index in [0.717, 1.165) is 33.6 Å². The minimum Gasteiger partial charge on any atom is -0.275 e. The molecule has 0 amide bonds. The first-order chi connectivity index (χ1) is 14.5. The highest BCUT2D eigenvalue weighted by molar-refractivity contribution is 5.80. The predicted octanol–water partition coefficient (Wildman–Crippen LogP) is 2.84. The average molecular weight is 397 g/mol. The second-order valence-corrected chi connectivity index (χ2v) is 7.97. The number of hydrogen-bond donors (Lipinski definition) is 0. The molecule has 0 atom stereocenters. The molecule has 0 saturated heterocycles. The van der Waals surface area contributed by atoms with Gasteiger partial charge in [0, 0.05) is 30.6 Å². The Morgan fingerprint density at radius 3 is 2.57 bits per heavy atom. The zero-order valence-electron chi connectivity index (χ0n) is 16.7. The Hall–Kier alpha value is -3.98. The van der Waals surface area contributed by atoms with Crippen LogP contribution in [0.2, 0.25) is 0 Å². The molecule has 0 radical (unpaired) electrons. The SMILES string of the molecule is Cc1cnn2cc(-c3cnn(C)c3)nc(-c3cnn([C@]4(CC#N)C[C@@H](C#N)C4)c3)c12. The summed E-state index contributed by atoms with van der Waals surface area (Å²) < 4.78 is 5.42. The first-order valence-corrected chi connectivity index (χ1v) is 9.69. The average Bonchev–Trinajstić information content (AvgIpc) is 3.44. The minimum absolute atomic E-state index is 0.0261. The van der Waals surface area contributed by atoms with Crippen LogP contribution in [0.5, 0.6) is 0 Å². The lowest BCUT2D eigenvalue weighted by Gasteiger charge is -2.43. The number of aromatic nitrogens is 7. The molecule has 0 unspecified atom stereocenters. The van der Waals surface area contributed by atoms with Crippen molar-refractivity contribution < 1.29 is 0 Å². The van der Waals surface area contributed by atoms with E-state index in [1.54, 1.807) is 17.1 Å². The van der Waals surface area contributed by atoms with Crippen molar-refractivity contribution in [1.82, 2.24) is 34.2 Å². The number of nitriles is 2. The van der Waals surface area contributed by atoms with Crippen LogP contribution in [0.3, 0.4) is 0 Å². The summed E-state index contributed by atoms with van der Waals surface area (Å²) in [6.07, 6.45) is 12.7. The van der Waals surface area contributed by atoms with Crippen molar-refractivity contribution in [3.8, 4) is 34.7 Å². The molecule has 0 spiro atoms. The van der Waals surface area contributed by atoms with Gasteiger partial charge in [0.15, 0.2) is 0 Å². The molecule has 30 heavy (non-hydrogen) atoms. The maximum atomic E-state index is 9.32. The highest BCUT2D eigenvalue weighted by atomic mass is 15.3. The van der Waals surface area contributed by atoms with Gasteiger partial charge in [0.25, 0.3) is 0 Å². The summed E-state index contributed by atoms with van der Waals surface area (Å²) in [5, 5.41) is 31.8. The zero-order valence-corrected chi connectivity index (χ0v) is 16.7. The Bertz CT molecular complexity index is 1330. The summed E-state index contributed by atoms with van der Waals surface area (Å²) in [6, 6.07) is 4.56. The highest BCUT2D eigenvalue weighted by Crippen LogP contribution is 2.46. The van der Waals surface area contributed by atoms with Crippen LogP contribution in [0.15, 0.2) is 37.2 Å². The third kappa shape index (κ3) is 2.67. The number of hydrogen-bond acceptors (Lipinski definition) is 6. The number of nitrogens with zero attached hydrogens (tertiary/aromatic N) is 9. The van der Waals surface area contributed by atoms with Crippen LogP contribution in [0.25, 0.3) is 28.0 Å². The van der Waals surface area contributed by atoms with Gasteiger partial charge >= 0.3 is 0 Å². The summed E-state index contributed by atoms with van der Waals surface area (Å²) in [5.74, 6) is -0.0261. The zero-order chi connectivity index (χ0) is 20.9. The van der Waals surface area contributed by atoms with Gasteiger partial charge in [-0.15, -0.1) is 0 Å². The lowest BCUT2D eigenvalue weighted by Crippen LogP contribution is -2.46. The molecule has 9 nitrogen and oxygen atoms in total. The van der Waals surface area contributed by atoms with Crippen molar-refractivity contribution in [1.29, 1.82) is 10.5 Å². The molecule has 4 aromatic heterocycles. The monoisotopic (exact) mass is 397 g/mol. The van der Waals surface area contributed by atoms with E-state index in [1.807, 2.05) is 48.0 Å². The van der Waals surface area contributed by atoms with E-state index in [4.69, 9.17) is 4.98 Å². The maximum absolute atomic E-state index is 9.32. The smallest absolute Gasteiger partial charge is 0.100 e. The molecule has 1 saturated carbocycles. The molecule has 0 aliphatic heterocycles. The predicted molar refractivity (Wildman–Crippen MR) is 108 cm³/mol. The number of fused-ring (bicyclic) bond motifs is 1. The molecule has 4 aromatic rings. The molecule has 4 heterocycles. The second-order valence-electron chi connectivity index (χ2n) is 7.97. The summed E-state index contributed by atoms with van der Waals surface area (Å²) in [4.78, 5) is 4.92. The minimum atomic E-state index is -0.417. The Morgan fingerprint density at radius 1 is 1.07 bits per heavy atom. The van der Waals surface area contributed by atoms with Crippen molar-refractivity contribution in [3.63, 3.8) is 0 Å². The quantitative estimate of drug-likeness (QED) is 0.523.